The molecule has 1 aliphatic heterocycles. The van der Waals surface area contributed by atoms with Gasteiger partial charge in [0.15, 0.2) is 0 Å². The van der Waals surface area contributed by atoms with Crippen molar-refractivity contribution in [3.05, 3.63) is 27.3 Å². The van der Waals surface area contributed by atoms with Crippen LogP contribution in [0.15, 0.2) is 18.2 Å². The van der Waals surface area contributed by atoms with E-state index in [2.05, 4.69) is 10.6 Å². The Hall–Kier alpha value is -0.860. The minimum Gasteiger partial charge on any atom is -0.507 e. The largest absolute Gasteiger partial charge is 0.507 e. The summed E-state index contributed by atoms with van der Waals surface area (Å²) in [7, 11) is 0. The second-order valence-corrected chi connectivity index (χ2v) is 5.24. The summed E-state index contributed by atoms with van der Waals surface area (Å²) in [6.07, 6.45) is 0.0140. The number of phenolic OH excluding ortho intramolecular Hbond substituents is 1. The second kappa shape index (κ2) is 6.35. The van der Waals surface area contributed by atoms with Crippen molar-refractivity contribution in [2.75, 3.05) is 26.2 Å². The lowest BCUT2D eigenvalue weighted by molar-refractivity contribution is 0.0287. The fraction of sp³-hybridized carbons (Fsp3) is 0.417. The van der Waals surface area contributed by atoms with Gasteiger partial charge in [-0.3, -0.25) is 4.79 Å². The van der Waals surface area contributed by atoms with Crippen molar-refractivity contribution in [3.63, 3.8) is 0 Å². The van der Waals surface area contributed by atoms with Gasteiger partial charge >= 0.3 is 0 Å². The number of carbonyl (C=O) groups is 1. The number of rotatable bonds is 3. The molecule has 1 aliphatic rings. The van der Waals surface area contributed by atoms with Crippen molar-refractivity contribution in [1.29, 1.82) is 0 Å². The molecule has 0 bridgehead atoms. The smallest absolute Gasteiger partial charge is 0.251 e. The first-order valence-electron chi connectivity index (χ1n) is 5.76. The summed E-state index contributed by atoms with van der Waals surface area (Å²) in [5, 5.41) is 15.5. The Labute approximate surface area is 119 Å². The first kappa shape index (κ1) is 13.6. The van der Waals surface area contributed by atoms with Crippen molar-refractivity contribution in [1.82, 2.24) is 10.6 Å². The highest BCUT2D eigenvalue weighted by molar-refractivity contribution is 14.1. The molecule has 1 aromatic rings. The highest BCUT2D eigenvalue weighted by Gasteiger charge is 2.15. The molecule has 1 saturated heterocycles. The maximum atomic E-state index is 11.9. The van der Waals surface area contributed by atoms with Crippen LogP contribution < -0.4 is 10.6 Å². The molecule has 98 valence electrons. The number of nitrogens with one attached hydrogen (secondary N) is 2. The number of morpholine rings is 1. The molecule has 0 saturated carbocycles. The lowest BCUT2D eigenvalue weighted by Gasteiger charge is -2.23. The van der Waals surface area contributed by atoms with Crippen LogP contribution in [0.3, 0.4) is 0 Å². The van der Waals surface area contributed by atoms with E-state index in [1.54, 1.807) is 12.1 Å². The lowest BCUT2D eigenvalue weighted by atomic mass is 10.2. The SMILES string of the molecule is O=C(NCC1CNCCO1)c1ccc(I)c(O)c1. The lowest BCUT2D eigenvalue weighted by Crippen LogP contribution is -2.45. The normalized spacial score (nSPS) is 19.5. The van der Waals surface area contributed by atoms with E-state index >= 15 is 0 Å². The van der Waals surface area contributed by atoms with Gasteiger partial charge in [0.1, 0.15) is 5.75 Å². The molecule has 1 fully saturated rings. The van der Waals surface area contributed by atoms with E-state index in [4.69, 9.17) is 4.74 Å². The van der Waals surface area contributed by atoms with Crippen molar-refractivity contribution < 1.29 is 14.6 Å². The highest BCUT2D eigenvalue weighted by atomic mass is 127. The predicted octanol–water partition coefficient (Wildman–Crippen LogP) is 0.715. The van der Waals surface area contributed by atoms with E-state index < -0.39 is 0 Å². The van der Waals surface area contributed by atoms with E-state index in [0.717, 1.165) is 16.7 Å². The minimum absolute atomic E-state index is 0.0140. The number of ether oxygens (including phenoxy) is 1. The number of phenols is 1. The number of halogens is 1. The van der Waals surface area contributed by atoms with Gasteiger partial charge in [-0.25, -0.2) is 0 Å². The van der Waals surface area contributed by atoms with Crippen LogP contribution in [0.1, 0.15) is 10.4 Å². The second-order valence-electron chi connectivity index (χ2n) is 4.07. The Kier molecular flexibility index (Phi) is 4.79. The summed E-state index contributed by atoms with van der Waals surface area (Å²) in [6.45, 7) is 2.75. The fourth-order valence-electron chi connectivity index (χ4n) is 1.71. The Morgan fingerprint density at radius 1 is 1.61 bits per heavy atom. The van der Waals surface area contributed by atoms with Gasteiger partial charge in [0.25, 0.3) is 5.91 Å². The quantitative estimate of drug-likeness (QED) is 0.693. The number of hydrogen-bond donors (Lipinski definition) is 3. The third kappa shape index (κ3) is 3.56. The van der Waals surface area contributed by atoms with Gasteiger partial charge in [0, 0.05) is 25.2 Å². The van der Waals surface area contributed by atoms with Crippen molar-refractivity contribution >= 4 is 28.5 Å². The molecular formula is C12H15IN2O3. The molecule has 1 atom stereocenters. The van der Waals surface area contributed by atoms with Gasteiger partial charge in [-0.05, 0) is 40.8 Å². The third-order valence-electron chi connectivity index (χ3n) is 2.70. The Balaban J connectivity index is 1.88. The number of amides is 1. The average molecular weight is 362 g/mol. The monoisotopic (exact) mass is 362 g/mol. The minimum atomic E-state index is -0.198. The summed E-state index contributed by atoms with van der Waals surface area (Å²) in [4.78, 5) is 11.9. The Bertz CT molecular complexity index is 433. The summed E-state index contributed by atoms with van der Waals surface area (Å²) >= 11 is 2.01. The van der Waals surface area contributed by atoms with Gasteiger partial charge in [0.2, 0.25) is 0 Å². The van der Waals surface area contributed by atoms with E-state index in [1.165, 1.54) is 6.07 Å². The molecule has 1 amide bonds. The van der Waals surface area contributed by atoms with Crippen molar-refractivity contribution in [3.8, 4) is 5.75 Å². The van der Waals surface area contributed by atoms with Crippen LogP contribution in [-0.2, 0) is 4.74 Å². The van der Waals surface area contributed by atoms with Crippen LogP contribution in [-0.4, -0.2) is 43.4 Å². The molecule has 2 rings (SSSR count). The van der Waals surface area contributed by atoms with E-state index in [0.29, 0.717) is 18.7 Å². The Morgan fingerprint density at radius 2 is 2.44 bits per heavy atom. The molecule has 1 unspecified atom stereocenters. The molecule has 0 aromatic heterocycles. The topological polar surface area (TPSA) is 70.6 Å². The molecule has 1 aromatic carbocycles. The van der Waals surface area contributed by atoms with Crippen LogP contribution in [0.4, 0.5) is 0 Å². The molecule has 18 heavy (non-hydrogen) atoms. The third-order valence-corrected chi connectivity index (χ3v) is 3.62. The average Bonchev–Trinajstić information content (AvgIpc) is 2.40. The van der Waals surface area contributed by atoms with Crippen LogP contribution >= 0.6 is 22.6 Å². The van der Waals surface area contributed by atoms with E-state index in [9.17, 15) is 9.90 Å². The van der Waals surface area contributed by atoms with Gasteiger partial charge in [-0.1, -0.05) is 0 Å². The van der Waals surface area contributed by atoms with Crippen LogP contribution in [0.25, 0.3) is 0 Å². The predicted molar refractivity (Wildman–Crippen MR) is 75.8 cm³/mol. The van der Waals surface area contributed by atoms with Gasteiger partial charge in [-0.2, -0.15) is 0 Å². The first-order chi connectivity index (χ1) is 8.66. The number of aromatic hydroxyl groups is 1. The molecule has 6 heteroatoms. The standard InChI is InChI=1S/C12H15IN2O3/c13-10-2-1-8(5-11(10)16)12(17)15-7-9-6-14-3-4-18-9/h1-2,5,9,14,16H,3-4,6-7H2,(H,15,17). The summed E-state index contributed by atoms with van der Waals surface area (Å²) < 4.78 is 6.21. The molecule has 0 spiro atoms. The van der Waals surface area contributed by atoms with Crippen molar-refractivity contribution in [2.45, 2.75) is 6.10 Å². The fourth-order valence-corrected chi connectivity index (χ4v) is 2.05. The maximum absolute atomic E-state index is 11.9. The number of hydrogen-bond acceptors (Lipinski definition) is 4. The summed E-state index contributed by atoms with van der Waals surface area (Å²) in [5.41, 5.74) is 0.455. The van der Waals surface area contributed by atoms with Crippen LogP contribution in [0.5, 0.6) is 5.75 Å². The zero-order valence-electron chi connectivity index (χ0n) is 9.78. The molecule has 0 radical (unpaired) electrons. The van der Waals surface area contributed by atoms with Gasteiger partial charge in [0.05, 0.1) is 16.3 Å². The van der Waals surface area contributed by atoms with E-state index in [1.807, 2.05) is 22.6 Å². The first-order valence-corrected chi connectivity index (χ1v) is 6.84. The molecule has 1 heterocycles. The highest BCUT2D eigenvalue weighted by Crippen LogP contribution is 2.20. The number of benzene rings is 1. The Morgan fingerprint density at radius 3 is 3.11 bits per heavy atom. The maximum Gasteiger partial charge on any atom is 0.251 e. The molecular weight excluding hydrogens is 347 g/mol. The van der Waals surface area contributed by atoms with E-state index in [-0.39, 0.29) is 17.8 Å². The van der Waals surface area contributed by atoms with Crippen LogP contribution in [0.2, 0.25) is 0 Å². The molecule has 5 nitrogen and oxygen atoms in total. The van der Waals surface area contributed by atoms with Crippen molar-refractivity contribution in [2.24, 2.45) is 0 Å². The summed E-state index contributed by atoms with van der Waals surface area (Å²) in [6, 6.07) is 4.87. The molecule has 0 aliphatic carbocycles. The zero-order chi connectivity index (χ0) is 13.0. The van der Waals surface area contributed by atoms with Gasteiger partial charge in [-0.15, -0.1) is 0 Å². The number of carbonyl (C=O) groups excluding carboxylic acids is 1. The molecule has 3 N–H and O–H groups in total. The van der Waals surface area contributed by atoms with Gasteiger partial charge < -0.3 is 20.5 Å². The van der Waals surface area contributed by atoms with Crippen LogP contribution in [0, 0.1) is 3.57 Å². The summed E-state index contributed by atoms with van der Waals surface area (Å²) in [5.74, 6) is -0.0743. The zero-order valence-corrected chi connectivity index (χ0v) is 11.9.